The van der Waals surface area contributed by atoms with Gasteiger partial charge in [-0.15, -0.1) is 0 Å². The zero-order valence-electron chi connectivity index (χ0n) is 17.1. The second kappa shape index (κ2) is 10.1. The highest BCUT2D eigenvalue weighted by Crippen LogP contribution is 2.18. The van der Waals surface area contributed by atoms with Gasteiger partial charge in [0.25, 0.3) is 5.91 Å². The van der Waals surface area contributed by atoms with Crippen LogP contribution in [0.15, 0.2) is 54.6 Å². The van der Waals surface area contributed by atoms with E-state index in [0.29, 0.717) is 38.3 Å². The summed E-state index contributed by atoms with van der Waals surface area (Å²) < 4.78 is 40.3. The molecule has 2 aromatic carbocycles. The van der Waals surface area contributed by atoms with Gasteiger partial charge in [-0.2, -0.15) is 4.31 Å². The lowest BCUT2D eigenvalue weighted by molar-refractivity contribution is 0.0757. The van der Waals surface area contributed by atoms with Gasteiger partial charge in [0.1, 0.15) is 5.82 Å². The fourth-order valence-corrected chi connectivity index (χ4v) is 4.99. The monoisotopic (exact) mass is 433 g/mol. The maximum atomic E-state index is 13.3. The molecule has 1 N–H and O–H groups in total. The van der Waals surface area contributed by atoms with Crippen LogP contribution in [0.4, 0.5) is 4.39 Å². The first-order valence-corrected chi connectivity index (χ1v) is 11.8. The Morgan fingerprint density at radius 2 is 1.73 bits per heavy atom. The van der Waals surface area contributed by atoms with Crippen molar-refractivity contribution in [2.24, 2.45) is 0 Å². The number of amides is 1. The largest absolute Gasteiger partial charge is 0.337 e. The lowest BCUT2D eigenvalue weighted by Crippen LogP contribution is -2.48. The van der Waals surface area contributed by atoms with Gasteiger partial charge in [0.2, 0.25) is 10.0 Å². The summed E-state index contributed by atoms with van der Waals surface area (Å²) in [5.41, 5.74) is 1.41. The quantitative estimate of drug-likeness (QED) is 0.694. The van der Waals surface area contributed by atoms with Crippen molar-refractivity contribution in [2.45, 2.75) is 12.8 Å². The van der Waals surface area contributed by atoms with E-state index in [-0.39, 0.29) is 24.1 Å². The Morgan fingerprint density at radius 3 is 2.37 bits per heavy atom. The molecule has 1 heterocycles. The first-order chi connectivity index (χ1) is 14.4. The molecule has 0 saturated carbocycles. The van der Waals surface area contributed by atoms with Gasteiger partial charge in [-0.3, -0.25) is 4.79 Å². The average Bonchev–Trinajstić information content (AvgIpc) is 2.77. The van der Waals surface area contributed by atoms with Gasteiger partial charge < -0.3 is 10.2 Å². The van der Waals surface area contributed by atoms with Gasteiger partial charge in [0.05, 0.1) is 5.75 Å². The number of carbonyl (C=O) groups excluding carboxylic acids is 1. The lowest BCUT2D eigenvalue weighted by Gasteiger charge is -2.30. The van der Waals surface area contributed by atoms with Crippen molar-refractivity contribution in [3.8, 4) is 0 Å². The van der Waals surface area contributed by atoms with Crippen LogP contribution in [-0.2, 0) is 10.0 Å². The standard InChI is InChI=1S/C22H28FN3O3S/c1-18(19-5-3-2-4-6-19)17-25(22(27)20-7-9-21(23)10-8-20)15-16-30(28,29)26-13-11-24-12-14-26/h2-10,18,24H,11-17H2,1H3. The molecule has 1 amide bonds. The van der Waals surface area contributed by atoms with Crippen LogP contribution in [0.25, 0.3) is 0 Å². The Labute approximate surface area is 177 Å². The summed E-state index contributed by atoms with van der Waals surface area (Å²) in [6.45, 7) is 4.59. The number of halogens is 1. The maximum Gasteiger partial charge on any atom is 0.253 e. The summed E-state index contributed by atoms with van der Waals surface area (Å²) in [6.07, 6.45) is 0. The number of benzene rings is 2. The maximum absolute atomic E-state index is 13.3. The van der Waals surface area contributed by atoms with Crippen LogP contribution in [0, 0.1) is 5.82 Å². The van der Waals surface area contributed by atoms with Crippen LogP contribution in [0.5, 0.6) is 0 Å². The van der Waals surface area contributed by atoms with Crippen LogP contribution in [0.3, 0.4) is 0 Å². The van der Waals surface area contributed by atoms with Gasteiger partial charge in [-0.1, -0.05) is 37.3 Å². The van der Waals surface area contributed by atoms with Crippen molar-refractivity contribution in [3.05, 3.63) is 71.5 Å². The van der Waals surface area contributed by atoms with Crippen LogP contribution in [0.2, 0.25) is 0 Å². The van der Waals surface area contributed by atoms with Crippen molar-refractivity contribution in [1.29, 1.82) is 0 Å². The summed E-state index contributed by atoms with van der Waals surface area (Å²) in [5, 5.41) is 3.14. The molecule has 3 rings (SSSR count). The van der Waals surface area contributed by atoms with Gasteiger partial charge in [-0.05, 0) is 35.7 Å². The van der Waals surface area contributed by atoms with E-state index in [1.165, 1.54) is 28.6 Å². The Kier molecular flexibility index (Phi) is 7.58. The molecular weight excluding hydrogens is 405 g/mol. The normalized spacial score (nSPS) is 16.2. The molecule has 8 heteroatoms. The fourth-order valence-electron chi connectivity index (χ4n) is 3.55. The van der Waals surface area contributed by atoms with Crippen molar-refractivity contribution >= 4 is 15.9 Å². The number of nitrogens with zero attached hydrogens (tertiary/aromatic N) is 2. The van der Waals surface area contributed by atoms with E-state index in [9.17, 15) is 17.6 Å². The summed E-state index contributed by atoms with van der Waals surface area (Å²) >= 11 is 0. The summed E-state index contributed by atoms with van der Waals surface area (Å²) in [4.78, 5) is 14.7. The van der Waals surface area contributed by atoms with E-state index in [2.05, 4.69) is 5.32 Å². The number of nitrogens with one attached hydrogen (secondary N) is 1. The minimum atomic E-state index is -3.46. The first-order valence-electron chi connectivity index (χ1n) is 10.1. The zero-order valence-corrected chi connectivity index (χ0v) is 17.9. The molecule has 30 heavy (non-hydrogen) atoms. The minimum absolute atomic E-state index is 0.0255. The molecule has 162 valence electrons. The summed E-state index contributed by atoms with van der Waals surface area (Å²) in [7, 11) is -3.46. The van der Waals surface area contributed by atoms with Gasteiger partial charge in [0, 0.05) is 44.8 Å². The third-order valence-electron chi connectivity index (χ3n) is 5.33. The van der Waals surface area contributed by atoms with E-state index >= 15 is 0 Å². The molecule has 0 spiro atoms. The lowest BCUT2D eigenvalue weighted by atomic mass is 10.0. The van der Waals surface area contributed by atoms with Gasteiger partial charge in [-0.25, -0.2) is 12.8 Å². The van der Waals surface area contributed by atoms with E-state index < -0.39 is 15.8 Å². The molecule has 0 bridgehead atoms. The zero-order chi connectivity index (χ0) is 21.6. The highest BCUT2D eigenvalue weighted by Gasteiger charge is 2.26. The second-order valence-electron chi connectivity index (χ2n) is 7.53. The van der Waals surface area contributed by atoms with E-state index in [4.69, 9.17) is 0 Å². The minimum Gasteiger partial charge on any atom is -0.337 e. The molecule has 2 aromatic rings. The van der Waals surface area contributed by atoms with Gasteiger partial charge in [0.15, 0.2) is 0 Å². The Balaban J connectivity index is 1.76. The first kappa shape index (κ1) is 22.4. The van der Waals surface area contributed by atoms with Crippen LogP contribution >= 0.6 is 0 Å². The van der Waals surface area contributed by atoms with Crippen molar-refractivity contribution in [1.82, 2.24) is 14.5 Å². The van der Waals surface area contributed by atoms with Crippen molar-refractivity contribution < 1.29 is 17.6 Å². The van der Waals surface area contributed by atoms with E-state index in [0.717, 1.165) is 5.56 Å². The molecule has 1 unspecified atom stereocenters. The summed E-state index contributed by atoms with van der Waals surface area (Å²) in [6, 6.07) is 15.1. The van der Waals surface area contributed by atoms with Crippen LogP contribution in [-0.4, -0.2) is 68.6 Å². The predicted octanol–water partition coefficient (Wildman–Crippen LogP) is 2.31. The molecule has 1 aliphatic rings. The molecular formula is C22H28FN3O3S. The molecule has 1 saturated heterocycles. The Morgan fingerprint density at radius 1 is 1.10 bits per heavy atom. The molecule has 6 nitrogen and oxygen atoms in total. The molecule has 1 aliphatic heterocycles. The number of hydrogen-bond donors (Lipinski definition) is 1. The van der Waals surface area contributed by atoms with Crippen LogP contribution < -0.4 is 5.32 Å². The fraction of sp³-hybridized carbons (Fsp3) is 0.409. The third-order valence-corrected chi connectivity index (χ3v) is 7.18. The second-order valence-corrected chi connectivity index (χ2v) is 9.62. The third kappa shape index (κ3) is 5.87. The molecule has 0 radical (unpaired) electrons. The highest BCUT2D eigenvalue weighted by atomic mass is 32.2. The number of hydrogen-bond acceptors (Lipinski definition) is 4. The highest BCUT2D eigenvalue weighted by molar-refractivity contribution is 7.89. The number of piperazine rings is 1. The molecule has 1 atom stereocenters. The van der Waals surface area contributed by atoms with Gasteiger partial charge >= 0.3 is 0 Å². The number of carbonyl (C=O) groups is 1. The Bertz CT molecular complexity index is 930. The molecule has 1 fully saturated rings. The van der Waals surface area contributed by atoms with Crippen LogP contribution in [0.1, 0.15) is 28.8 Å². The number of rotatable bonds is 8. The Hall–Kier alpha value is -2.29. The van der Waals surface area contributed by atoms with Crippen molar-refractivity contribution in [3.63, 3.8) is 0 Å². The topological polar surface area (TPSA) is 69.7 Å². The van der Waals surface area contributed by atoms with E-state index in [1.807, 2.05) is 37.3 Å². The SMILES string of the molecule is CC(CN(CCS(=O)(=O)N1CCNCC1)C(=O)c1ccc(F)cc1)c1ccccc1. The predicted molar refractivity (Wildman–Crippen MR) is 115 cm³/mol. The van der Waals surface area contributed by atoms with Crippen molar-refractivity contribution in [2.75, 3.05) is 45.0 Å². The van der Waals surface area contributed by atoms with E-state index in [1.54, 1.807) is 4.90 Å². The molecule has 0 aliphatic carbocycles. The molecule has 0 aromatic heterocycles. The smallest absolute Gasteiger partial charge is 0.253 e. The summed E-state index contributed by atoms with van der Waals surface area (Å²) in [5.74, 6) is -0.829. The number of sulfonamides is 1. The average molecular weight is 434 g/mol.